The molecule has 2 aromatic rings. The summed E-state index contributed by atoms with van der Waals surface area (Å²) >= 11 is 6.19. The molecule has 0 fully saturated rings. The first-order chi connectivity index (χ1) is 8.24. The fourth-order valence-corrected chi connectivity index (χ4v) is 1.93. The van der Waals surface area contributed by atoms with E-state index in [1.165, 1.54) is 0 Å². The predicted molar refractivity (Wildman–Crippen MR) is 67.6 cm³/mol. The molecule has 0 bridgehead atoms. The number of nitrogens with zero attached hydrogens (tertiary/aromatic N) is 3. The number of hydrogen-bond acceptors (Lipinski definition) is 2. The van der Waals surface area contributed by atoms with Crippen LogP contribution < -0.4 is 0 Å². The highest BCUT2D eigenvalue weighted by Gasteiger charge is 2.13. The van der Waals surface area contributed by atoms with Gasteiger partial charge in [-0.2, -0.15) is 5.26 Å². The number of imidazole rings is 1. The zero-order chi connectivity index (χ0) is 12.3. The molecule has 0 amide bonds. The summed E-state index contributed by atoms with van der Waals surface area (Å²) < 4.78 is 1.88. The average molecular weight is 246 g/mol. The predicted octanol–water partition coefficient (Wildman–Crippen LogP) is 3.43. The SMILES string of the molecule is Cc1nc(-c2ccccc2)n(CCC#N)c1Cl. The summed E-state index contributed by atoms with van der Waals surface area (Å²) in [5.41, 5.74) is 1.81. The molecule has 4 heteroatoms. The quantitative estimate of drug-likeness (QED) is 0.831. The maximum absolute atomic E-state index is 8.66. The first-order valence-electron chi connectivity index (χ1n) is 5.39. The molecule has 0 aliphatic rings. The third kappa shape index (κ3) is 2.32. The van der Waals surface area contributed by atoms with Crippen molar-refractivity contribution in [3.8, 4) is 17.5 Å². The van der Waals surface area contributed by atoms with E-state index in [-0.39, 0.29) is 0 Å². The van der Waals surface area contributed by atoms with Crippen LogP contribution in [0.1, 0.15) is 12.1 Å². The van der Waals surface area contributed by atoms with Crippen LogP contribution in [0.5, 0.6) is 0 Å². The van der Waals surface area contributed by atoms with E-state index < -0.39 is 0 Å². The molecule has 86 valence electrons. The van der Waals surface area contributed by atoms with Gasteiger partial charge in [-0.05, 0) is 6.92 Å². The van der Waals surface area contributed by atoms with Crippen molar-refractivity contribution in [2.45, 2.75) is 19.9 Å². The second-order valence-electron chi connectivity index (χ2n) is 3.74. The van der Waals surface area contributed by atoms with E-state index in [4.69, 9.17) is 16.9 Å². The van der Waals surface area contributed by atoms with Gasteiger partial charge in [0, 0.05) is 12.1 Å². The lowest BCUT2D eigenvalue weighted by Gasteiger charge is -2.06. The standard InChI is InChI=1S/C13H12ClN3/c1-10-12(14)17(9-5-8-15)13(16-10)11-6-3-2-4-7-11/h2-4,6-7H,5,9H2,1H3. The van der Waals surface area contributed by atoms with Crippen LogP contribution in [0.25, 0.3) is 11.4 Å². The van der Waals surface area contributed by atoms with Gasteiger partial charge in [0.05, 0.1) is 18.2 Å². The Morgan fingerprint density at radius 3 is 2.71 bits per heavy atom. The van der Waals surface area contributed by atoms with Crippen LogP contribution in [0.4, 0.5) is 0 Å². The summed E-state index contributed by atoms with van der Waals surface area (Å²) in [6.07, 6.45) is 0.426. The van der Waals surface area contributed by atoms with Crippen LogP contribution in [0, 0.1) is 18.3 Å². The van der Waals surface area contributed by atoms with Gasteiger partial charge in [0.1, 0.15) is 11.0 Å². The van der Waals surface area contributed by atoms with E-state index in [9.17, 15) is 0 Å². The van der Waals surface area contributed by atoms with Crippen LogP contribution >= 0.6 is 11.6 Å². The Labute approximate surface area is 105 Å². The number of benzene rings is 1. The molecule has 2 rings (SSSR count). The largest absolute Gasteiger partial charge is 0.314 e. The van der Waals surface area contributed by atoms with Crippen LogP contribution in [0.3, 0.4) is 0 Å². The molecule has 1 heterocycles. The van der Waals surface area contributed by atoms with Crippen LogP contribution in [-0.2, 0) is 6.54 Å². The van der Waals surface area contributed by atoms with Crippen molar-refractivity contribution < 1.29 is 0 Å². The molecule has 0 saturated carbocycles. The van der Waals surface area contributed by atoms with Gasteiger partial charge in [0.15, 0.2) is 0 Å². The minimum atomic E-state index is 0.426. The van der Waals surface area contributed by atoms with E-state index in [0.717, 1.165) is 17.1 Å². The van der Waals surface area contributed by atoms with Gasteiger partial charge in [-0.3, -0.25) is 0 Å². The van der Waals surface area contributed by atoms with Crippen LogP contribution in [0.2, 0.25) is 5.15 Å². The summed E-state index contributed by atoms with van der Waals surface area (Å²) in [6, 6.07) is 12.0. The summed E-state index contributed by atoms with van der Waals surface area (Å²) in [7, 11) is 0. The fourth-order valence-electron chi connectivity index (χ4n) is 1.73. The average Bonchev–Trinajstić information content (AvgIpc) is 2.65. The Bertz CT molecular complexity index is 552. The number of rotatable bonds is 3. The third-order valence-corrected chi connectivity index (χ3v) is 3.02. The number of aromatic nitrogens is 2. The smallest absolute Gasteiger partial charge is 0.141 e. The highest BCUT2D eigenvalue weighted by atomic mass is 35.5. The van der Waals surface area contributed by atoms with Gasteiger partial charge in [-0.1, -0.05) is 41.9 Å². The first-order valence-corrected chi connectivity index (χ1v) is 5.77. The minimum absolute atomic E-state index is 0.426. The number of halogens is 1. The first kappa shape index (κ1) is 11.7. The molecule has 1 aromatic carbocycles. The van der Waals surface area contributed by atoms with Gasteiger partial charge in [-0.25, -0.2) is 4.98 Å². The second-order valence-corrected chi connectivity index (χ2v) is 4.10. The zero-order valence-electron chi connectivity index (χ0n) is 9.52. The number of nitriles is 1. The lowest BCUT2D eigenvalue weighted by atomic mass is 10.2. The Morgan fingerprint density at radius 1 is 1.35 bits per heavy atom. The van der Waals surface area contributed by atoms with Gasteiger partial charge in [-0.15, -0.1) is 0 Å². The Kier molecular flexibility index (Phi) is 3.46. The van der Waals surface area contributed by atoms with Crippen molar-refractivity contribution in [2.24, 2.45) is 0 Å². The van der Waals surface area contributed by atoms with Gasteiger partial charge in [0.2, 0.25) is 0 Å². The molecule has 0 atom stereocenters. The maximum Gasteiger partial charge on any atom is 0.141 e. The van der Waals surface area contributed by atoms with Crippen molar-refractivity contribution in [3.05, 3.63) is 41.2 Å². The molecule has 0 radical (unpaired) electrons. The van der Waals surface area contributed by atoms with Gasteiger partial charge < -0.3 is 4.57 Å². The Hall–Kier alpha value is -1.79. The summed E-state index contributed by atoms with van der Waals surface area (Å²) in [6.45, 7) is 2.44. The Balaban J connectivity index is 2.47. The van der Waals surface area contributed by atoms with E-state index in [2.05, 4.69) is 11.1 Å². The van der Waals surface area contributed by atoms with Crippen LogP contribution in [0.15, 0.2) is 30.3 Å². The van der Waals surface area contributed by atoms with Crippen LogP contribution in [-0.4, -0.2) is 9.55 Å². The molecule has 17 heavy (non-hydrogen) atoms. The van der Waals surface area contributed by atoms with Crippen molar-refractivity contribution >= 4 is 11.6 Å². The van der Waals surface area contributed by atoms with E-state index in [1.54, 1.807) is 0 Å². The van der Waals surface area contributed by atoms with E-state index in [1.807, 2.05) is 41.8 Å². The minimum Gasteiger partial charge on any atom is -0.314 e. The molecule has 0 unspecified atom stereocenters. The summed E-state index contributed by atoms with van der Waals surface area (Å²) in [5.74, 6) is 0.823. The highest BCUT2D eigenvalue weighted by Crippen LogP contribution is 2.25. The molecular formula is C13H12ClN3. The summed E-state index contributed by atoms with van der Waals surface area (Å²) in [4.78, 5) is 4.45. The number of hydrogen-bond donors (Lipinski definition) is 0. The van der Waals surface area contributed by atoms with Crippen molar-refractivity contribution in [2.75, 3.05) is 0 Å². The topological polar surface area (TPSA) is 41.6 Å². The monoisotopic (exact) mass is 245 g/mol. The molecular weight excluding hydrogens is 234 g/mol. The molecule has 0 spiro atoms. The highest BCUT2D eigenvalue weighted by molar-refractivity contribution is 6.30. The van der Waals surface area contributed by atoms with E-state index >= 15 is 0 Å². The van der Waals surface area contributed by atoms with Gasteiger partial charge >= 0.3 is 0 Å². The van der Waals surface area contributed by atoms with Crippen molar-refractivity contribution in [3.63, 3.8) is 0 Å². The normalized spacial score (nSPS) is 10.2. The molecule has 0 aliphatic carbocycles. The molecule has 0 aliphatic heterocycles. The molecule has 0 saturated heterocycles. The number of aryl methyl sites for hydroxylation is 1. The van der Waals surface area contributed by atoms with Crippen molar-refractivity contribution in [1.29, 1.82) is 5.26 Å². The lowest BCUT2D eigenvalue weighted by molar-refractivity contribution is 0.723. The van der Waals surface area contributed by atoms with Gasteiger partial charge in [0.25, 0.3) is 0 Å². The Morgan fingerprint density at radius 2 is 2.06 bits per heavy atom. The maximum atomic E-state index is 8.66. The molecule has 1 aromatic heterocycles. The second kappa shape index (κ2) is 5.03. The fraction of sp³-hybridized carbons (Fsp3) is 0.231. The van der Waals surface area contributed by atoms with E-state index in [0.29, 0.717) is 18.1 Å². The zero-order valence-corrected chi connectivity index (χ0v) is 10.3. The molecule has 0 N–H and O–H groups in total. The lowest BCUT2D eigenvalue weighted by Crippen LogP contribution is -2.00. The molecule has 3 nitrogen and oxygen atoms in total. The summed E-state index contributed by atoms with van der Waals surface area (Å²) in [5, 5.41) is 9.27. The third-order valence-electron chi connectivity index (χ3n) is 2.54. The van der Waals surface area contributed by atoms with Crippen molar-refractivity contribution in [1.82, 2.24) is 9.55 Å².